The van der Waals surface area contributed by atoms with Crippen molar-refractivity contribution in [3.8, 4) is 0 Å². The molecule has 4 rings (SSSR count). The van der Waals surface area contributed by atoms with E-state index in [4.69, 9.17) is 11.6 Å². The van der Waals surface area contributed by atoms with E-state index < -0.39 is 0 Å². The lowest BCUT2D eigenvalue weighted by atomic mass is 10.0. The molecule has 0 bridgehead atoms. The molecule has 0 radical (unpaired) electrons. The van der Waals surface area contributed by atoms with Crippen molar-refractivity contribution >= 4 is 55.8 Å². The molecule has 0 atom stereocenters. The van der Waals surface area contributed by atoms with Gasteiger partial charge in [-0.2, -0.15) is 0 Å². The fourth-order valence-electron chi connectivity index (χ4n) is 2.73. The number of benzene rings is 3. The van der Waals surface area contributed by atoms with Crippen LogP contribution in [0.4, 0.5) is 5.13 Å². The maximum Gasteiger partial charge on any atom is 0.258 e. The largest absolute Gasteiger partial charge is 0.298 e. The lowest BCUT2D eigenvalue weighted by molar-refractivity contribution is -0.111. The molecule has 132 valence electrons. The van der Waals surface area contributed by atoms with E-state index in [0.717, 1.165) is 21.3 Å². The van der Waals surface area contributed by atoms with Crippen LogP contribution < -0.4 is 5.32 Å². The average Bonchev–Trinajstić information content (AvgIpc) is 3.08. The third-order valence-electron chi connectivity index (χ3n) is 4.01. The number of carbonyl (C=O) groups is 1. The zero-order chi connectivity index (χ0) is 18.6. The van der Waals surface area contributed by atoms with Gasteiger partial charge >= 0.3 is 0 Å². The van der Waals surface area contributed by atoms with E-state index in [1.165, 1.54) is 11.3 Å². The van der Waals surface area contributed by atoms with Gasteiger partial charge in [-0.25, -0.2) is 4.98 Å². The van der Waals surface area contributed by atoms with E-state index in [2.05, 4.69) is 10.3 Å². The van der Waals surface area contributed by atoms with E-state index in [1.54, 1.807) is 6.07 Å². The van der Waals surface area contributed by atoms with Gasteiger partial charge in [-0.05, 0) is 35.4 Å². The van der Waals surface area contributed by atoms with Gasteiger partial charge in [0, 0.05) is 10.6 Å². The van der Waals surface area contributed by atoms with Crippen LogP contribution in [-0.4, -0.2) is 10.9 Å². The highest BCUT2D eigenvalue weighted by atomic mass is 35.5. The molecule has 0 saturated heterocycles. The summed E-state index contributed by atoms with van der Waals surface area (Å²) in [7, 11) is 0. The van der Waals surface area contributed by atoms with Crippen LogP contribution in [0.3, 0.4) is 0 Å². The lowest BCUT2D eigenvalue weighted by Crippen LogP contribution is -2.13. The molecule has 3 aromatic carbocycles. The summed E-state index contributed by atoms with van der Waals surface area (Å²) < 4.78 is 0.936. The second-order valence-electron chi connectivity index (χ2n) is 5.92. The summed E-state index contributed by atoms with van der Waals surface area (Å²) in [4.78, 5) is 17.5. The minimum absolute atomic E-state index is 0.199. The molecule has 4 aromatic rings. The van der Waals surface area contributed by atoms with E-state index in [1.807, 2.05) is 78.9 Å². The fourth-order valence-corrected chi connectivity index (χ4v) is 3.87. The molecule has 5 heteroatoms. The number of carbonyl (C=O) groups excluding carboxylic acids is 1. The first-order valence-electron chi connectivity index (χ1n) is 8.39. The molecule has 0 spiro atoms. The number of amides is 1. The average molecular weight is 391 g/mol. The number of halogens is 1. The van der Waals surface area contributed by atoms with Crippen molar-refractivity contribution in [3.63, 3.8) is 0 Å². The highest BCUT2D eigenvalue weighted by Crippen LogP contribution is 2.29. The number of aromatic nitrogens is 1. The minimum atomic E-state index is -0.199. The van der Waals surface area contributed by atoms with Crippen molar-refractivity contribution in [2.24, 2.45) is 0 Å². The number of hydrogen-bond donors (Lipinski definition) is 1. The number of nitrogens with one attached hydrogen (secondary N) is 1. The molecule has 3 nitrogen and oxygen atoms in total. The van der Waals surface area contributed by atoms with Crippen molar-refractivity contribution in [1.82, 2.24) is 4.98 Å². The molecule has 0 fully saturated rings. The molecule has 0 saturated carbocycles. The van der Waals surface area contributed by atoms with Gasteiger partial charge in [-0.1, -0.05) is 83.6 Å². The SMILES string of the molecule is O=C(Nc1nc2ccc(Cl)cc2s1)/C(=C\c1ccccc1)c1ccccc1. The summed E-state index contributed by atoms with van der Waals surface area (Å²) >= 11 is 7.44. The molecule has 0 aliphatic carbocycles. The Kier molecular flexibility index (Phi) is 5.01. The predicted octanol–water partition coefficient (Wildman–Crippen LogP) is 6.13. The third kappa shape index (κ3) is 4.08. The summed E-state index contributed by atoms with van der Waals surface area (Å²) in [5.74, 6) is -0.199. The standard InChI is InChI=1S/C22H15ClN2OS/c23-17-11-12-19-20(14-17)27-22(24-19)25-21(26)18(16-9-5-2-6-10-16)13-15-7-3-1-4-8-15/h1-14H,(H,24,25,26)/b18-13-. The molecule has 0 aliphatic rings. The van der Waals surface area contributed by atoms with Crippen molar-refractivity contribution in [1.29, 1.82) is 0 Å². The number of fused-ring (bicyclic) bond motifs is 1. The van der Waals surface area contributed by atoms with Gasteiger partial charge in [0.15, 0.2) is 5.13 Å². The van der Waals surface area contributed by atoms with E-state index >= 15 is 0 Å². The van der Waals surface area contributed by atoms with Crippen molar-refractivity contribution in [2.45, 2.75) is 0 Å². The van der Waals surface area contributed by atoms with Crippen molar-refractivity contribution < 1.29 is 4.79 Å². The predicted molar refractivity (Wildman–Crippen MR) is 114 cm³/mol. The van der Waals surface area contributed by atoms with Gasteiger partial charge in [0.2, 0.25) is 0 Å². The molecular weight excluding hydrogens is 376 g/mol. The van der Waals surface area contributed by atoms with Crippen LogP contribution >= 0.6 is 22.9 Å². The Bertz CT molecular complexity index is 1120. The third-order valence-corrected chi connectivity index (χ3v) is 5.18. The number of rotatable bonds is 4. The second kappa shape index (κ2) is 7.74. The first-order valence-corrected chi connectivity index (χ1v) is 9.58. The fraction of sp³-hybridized carbons (Fsp3) is 0. The van der Waals surface area contributed by atoms with Gasteiger partial charge in [-0.3, -0.25) is 10.1 Å². The molecular formula is C22H15ClN2OS. The summed E-state index contributed by atoms with van der Waals surface area (Å²) in [5, 5.41) is 4.13. The molecule has 1 N–H and O–H groups in total. The topological polar surface area (TPSA) is 42.0 Å². The first kappa shape index (κ1) is 17.5. The Labute approximate surface area is 166 Å². The molecule has 27 heavy (non-hydrogen) atoms. The molecule has 0 unspecified atom stereocenters. The van der Waals surface area contributed by atoms with Gasteiger partial charge in [0.05, 0.1) is 10.2 Å². The number of hydrogen-bond acceptors (Lipinski definition) is 3. The summed E-state index contributed by atoms with van der Waals surface area (Å²) in [6.07, 6.45) is 1.88. The Morgan fingerprint density at radius 1 is 0.963 bits per heavy atom. The van der Waals surface area contributed by atoms with Crippen molar-refractivity contribution in [3.05, 3.63) is 95.0 Å². The van der Waals surface area contributed by atoms with Crippen LogP contribution in [0.1, 0.15) is 11.1 Å². The number of anilines is 1. The van der Waals surface area contributed by atoms with Gasteiger partial charge < -0.3 is 0 Å². The van der Waals surface area contributed by atoms with Crippen LogP contribution in [0, 0.1) is 0 Å². The molecule has 1 amide bonds. The Hall–Kier alpha value is -2.95. The van der Waals surface area contributed by atoms with E-state index in [0.29, 0.717) is 15.7 Å². The monoisotopic (exact) mass is 390 g/mol. The molecule has 1 aromatic heterocycles. The highest BCUT2D eigenvalue weighted by molar-refractivity contribution is 7.22. The zero-order valence-electron chi connectivity index (χ0n) is 14.2. The van der Waals surface area contributed by atoms with E-state index in [9.17, 15) is 4.79 Å². The Morgan fingerprint density at radius 2 is 1.67 bits per heavy atom. The van der Waals surface area contributed by atoms with Gasteiger partial charge in [0.1, 0.15) is 0 Å². The zero-order valence-corrected chi connectivity index (χ0v) is 15.8. The van der Waals surface area contributed by atoms with Crippen LogP contribution in [0.5, 0.6) is 0 Å². The highest BCUT2D eigenvalue weighted by Gasteiger charge is 2.15. The maximum atomic E-state index is 13.0. The van der Waals surface area contributed by atoms with Gasteiger partial charge in [-0.15, -0.1) is 0 Å². The molecule has 1 heterocycles. The quantitative estimate of drug-likeness (QED) is 0.336. The summed E-state index contributed by atoms with van der Waals surface area (Å²) in [6, 6.07) is 24.9. The Morgan fingerprint density at radius 3 is 2.41 bits per heavy atom. The van der Waals surface area contributed by atoms with Gasteiger partial charge in [0.25, 0.3) is 5.91 Å². The van der Waals surface area contributed by atoms with E-state index in [-0.39, 0.29) is 5.91 Å². The smallest absolute Gasteiger partial charge is 0.258 e. The van der Waals surface area contributed by atoms with Crippen LogP contribution in [-0.2, 0) is 4.79 Å². The Balaban J connectivity index is 1.68. The summed E-state index contributed by atoms with van der Waals surface area (Å²) in [6.45, 7) is 0. The normalized spacial score (nSPS) is 11.5. The number of nitrogens with zero attached hydrogens (tertiary/aromatic N) is 1. The van der Waals surface area contributed by atoms with Crippen LogP contribution in [0.25, 0.3) is 21.9 Å². The van der Waals surface area contributed by atoms with Crippen LogP contribution in [0.2, 0.25) is 5.02 Å². The number of thiazole rings is 1. The van der Waals surface area contributed by atoms with Crippen molar-refractivity contribution in [2.75, 3.05) is 5.32 Å². The second-order valence-corrected chi connectivity index (χ2v) is 7.39. The minimum Gasteiger partial charge on any atom is -0.298 e. The first-order chi connectivity index (χ1) is 13.2. The maximum absolute atomic E-state index is 13.0. The summed E-state index contributed by atoms with van der Waals surface area (Å²) in [5.41, 5.74) is 3.21. The lowest BCUT2D eigenvalue weighted by Gasteiger charge is -2.08. The van der Waals surface area contributed by atoms with Crippen LogP contribution in [0.15, 0.2) is 78.9 Å². The molecule has 0 aliphatic heterocycles.